The number of anilines is 2. The summed E-state index contributed by atoms with van der Waals surface area (Å²) in [5, 5.41) is 3.51. The molecule has 0 spiro atoms. The van der Waals surface area contributed by atoms with Crippen molar-refractivity contribution in [2.45, 2.75) is 19.8 Å². The second-order valence-electron chi connectivity index (χ2n) is 7.34. The molecule has 0 saturated carbocycles. The molecule has 2 aliphatic rings. The van der Waals surface area contributed by atoms with Gasteiger partial charge in [0, 0.05) is 10.6 Å². The van der Waals surface area contributed by atoms with E-state index in [1.54, 1.807) is 42.5 Å². The average Bonchev–Trinajstić information content (AvgIpc) is 2.94. The number of carbonyl (C=O) groups is 3. The van der Waals surface area contributed by atoms with Crippen molar-refractivity contribution in [3.8, 4) is 0 Å². The van der Waals surface area contributed by atoms with E-state index in [0.29, 0.717) is 39.8 Å². The molecule has 1 fully saturated rings. The van der Waals surface area contributed by atoms with E-state index in [-0.39, 0.29) is 23.7 Å². The maximum Gasteiger partial charge on any atom is 0.255 e. The van der Waals surface area contributed by atoms with Gasteiger partial charge in [0.05, 0.1) is 28.2 Å². The molecule has 0 bridgehead atoms. The van der Waals surface area contributed by atoms with Crippen molar-refractivity contribution in [2.75, 3.05) is 10.2 Å². The van der Waals surface area contributed by atoms with Crippen molar-refractivity contribution in [3.63, 3.8) is 0 Å². The highest BCUT2D eigenvalue weighted by Crippen LogP contribution is 2.39. The van der Waals surface area contributed by atoms with E-state index in [2.05, 4.69) is 5.32 Å². The third kappa shape index (κ3) is 3.68. The second-order valence-corrected chi connectivity index (χ2v) is 8.19. The van der Waals surface area contributed by atoms with Crippen LogP contribution in [-0.2, 0) is 9.59 Å². The summed E-state index contributed by atoms with van der Waals surface area (Å²) < 4.78 is 0. The lowest BCUT2D eigenvalue weighted by molar-refractivity contribution is -0.122. The van der Waals surface area contributed by atoms with Crippen molar-refractivity contribution in [2.24, 2.45) is 11.8 Å². The van der Waals surface area contributed by atoms with Crippen LogP contribution in [0.2, 0.25) is 10.0 Å². The molecule has 0 unspecified atom stereocenters. The third-order valence-corrected chi connectivity index (χ3v) is 5.93. The molecule has 2 aromatic carbocycles. The van der Waals surface area contributed by atoms with Gasteiger partial charge in [-0.15, -0.1) is 0 Å². The molecule has 7 heteroatoms. The van der Waals surface area contributed by atoms with Gasteiger partial charge in [-0.1, -0.05) is 40.9 Å². The van der Waals surface area contributed by atoms with Crippen LogP contribution in [0.1, 0.15) is 30.1 Å². The molecule has 148 valence electrons. The van der Waals surface area contributed by atoms with Gasteiger partial charge in [0.25, 0.3) is 5.91 Å². The van der Waals surface area contributed by atoms with Crippen LogP contribution >= 0.6 is 23.2 Å². The first-order chi connectivity index (χ1) is 13.8. The SMILES string of the molecule is CC1=CC[C@@H]2C(=O)N(c3cccc(C(=O)Nc4cc(Cl)ccc4Cl)c3)C(=O)[C@H]2C1. The van der Waals surface area contributed by atoms with E-state index in [4.69, 9.17) is 23.2 Å². The first-order valence-corrected chi connectivity index (χ1v) is 10.0. The molecule has 0 radical (unpaired) electrons. The molecule has 5 nitrogen and oxygen atoms in total. The monoisotopic (exact) mass is 428 g/mol. The number of fused-ring (bicyclic) bond motifs is 1. The number of imide groups is 1. The lowest BCUT2D eigenvalue weighted by atomic mass is 9.82. The minimum atomic E-state index is -0.412. The van der Waals surface area contributed by atoms with Crippen LogP contribution < -0.4 is 10.2 Å². The Hall–Kier alpha value is -2.63. The van der Waals surface area contributed by atoms with E-state index in [9.17, 15) is 14.4 Å². The number of allylic oxidation sites excluding steroid dienone is 2. The number of rotatable bonds is 3. The van der Waals surface area contributed by atoms with Gasteiger partial charge in [0.15, 0.2) is 0 Å². The van der Waals surface area contributed by atoms with Crippen molar-refractivity contribution in [3.05, 3.63) is 69.7 Å². The molecule has 0 aromatic heterocycles. The van der Waals surface area contributed by atoms with Crippen molar-refractivity contribution in [1.29, 1.82) is 0 Å². The highest BCUT2D eigenvalue weighted by molar-refractivity contribution is 6.36. The van der Waals surface area contributed by atoms with Crippen LogP contribution in [0, 0.1) is 11.8 Å². The van der Waals surface area contributed by atoms with Gasteiger partial charge in [-0.25, -0.2) is 0 Å². The fourth-order valence-electron chi connectivity index (χ4n) is 3.87. The predicted molar refractivity (Wildman–Crippen MR) is 113 cm³/mol. The molecular formula is C22H18Cl2N2O3. The number of hydrogen-bond donors (Lipinski definition) is 1. The molecule has 1 heterocycles. The van der Waals surface area contributed by atoms with Crippen LogP contribution in [-0.4, -0.2) is 17.7 Å². The minimum Gasteiger partial charge on any atom is -0.321 e. The molecular weight excluding hydrogens is 411 g/mol. The summed E-state index contributed by atoms with van der Waals surface area (Å²) in [5.41, 5.74) is 2.22. The number of halogens is 2. The summed E-state index contributed by atoms with van der Waals surface area (Å²) in [4.78, 5) is 39.7. The van der Waals surface area contributed by atoms with Gasteiger partial charge in [-0.3, -0.25) is 19.3 Å². The molecule has 1 aliphatic heterocycles. The first kappa shape index (κ1) is 19.7. The normalized spacial score (nSPS) is 21.1. The van der Waals surface area contributed by atoms with Crippen LogP contribution in [0.4, 0.5) is 11.4 Å². The van der Waals surface area contributed by atoms with Gasteiger partial charge in [-0.2, -0.15) is 0 Å². The van der Waals surface area contributed by atoms with Crippen LogP contribution in [0.5, 0.6) is 0 Å². The summed E-state index contributed by atoms with van der Waals surface area (Å²) in [6, 6.07) is 11.2. The second kappa shape index (κ2) is 7.65. The minimum absolute atomic E-state index is 0.206. The zero-order valence-corrected chi connectivity index (χ0v) is 17.1. The summed E-state index contributed by atoms with van der Waals surface area (Å²) >= 11 is 12.1. The average molecular weight is 429 g/mol. The van der Waals surface area contributed by atoms with E-state index < -0.39 is 5.91 Å². The van der Waals surface area contributed by atoms with Crippen molar-refractivity contribution in [1.82, 2.24) is 0 Å². The topological polar surface area (TPSA) is 66.5 Å². The number of benzene rings is 2. The lowest BCUT2D eigenvalue weighted by Crippen LogP contribution is -2.31. The molecule has 1 N–H and O–H groups in total. The smallest absolute Gasteiger partial charge is 0.255 e. The Balaban J connectivity index is 1.59. The van der Waals surface area contributed by atoms with Gasteiger partial charge >= 0.3 is 0 Å². The van der Waals surface area contributed by atoms with Crippen molar-refractivity contribution >= 4 is 52.3 Å². The molecule has 4 rings (SSSR count). The van der Waals surface area contributed by atoms with E-state index in [0.717, 1.165) is 5.57 Å². The number of nitrogens with zero attached hydrogens (tertiary/aromatic N) is 1. The number of hydrogen-bond acceptors (Lipinski definition) is 3. The fraction of sp³-hybridized carbons (Fsp3) is 0.227. The molecule has 1 saturated heterocycles. The Morgan fingerprint density at radius 1 is 1.07 bits per heavy atom. The third-order valence-electron chi connectivity index (χ3n) is 5.37. The highest BCUT2D eigenvalue weighted by Gasteiger charge is 2.48. The summed E-state index contributed by atoms with van der Waals surface area (Å²) in [5.74, 6) is -1.48. The van der Waals surface area contributed by atoms with E-state index >= 15 is 0 Å². The number of amides is 3. The van der Waals surface area contributed by atoms with Crippen LogP contribution in [0.3, 0.4) is 0 Å². The zero-order valence-electron chi connectivity index (χ0n) is 15.6. The van der Waals surface area contributed by atoms with Gasteiger partial charge in [0.2, 0.25) is 11.8 Å². The Morgan fingerprint density at radius 3 is 2.62 bits per heavy atom. The number of carbonyl (C=O) groups excluding carboxylic acids is 3. The van der Waals surface area contributed by atoms with Crippen molar-refractivity contribution < 1.29 is 14.4 Å². The first-order valence-electron chi connectivity index (χ1n) is 9.25. The quantitative estimate of drug-likeness (QED) is 0.546. The zero-order chi connectivity index (χ0) is 20.7. The molecule has 3 amide bonds. The van der Waals surface area contributed by atoms with Gasteiger partial charge in [0.1, 0.15) is 0 Å². The Morgan fingerprint density at radius 2 is 1.83 bits per heavy atom. The predicted octanol–water partition coefficient (Wildman–Crippen LogP) is 5.09. The summed E-state index contributed by atoms with van der Waals surface area (Å²) in [6.07, 6.45) is 3.19. The standard InChI is InChI=1S/C22H18Cl2N2O3/c1-12-5-7-16-17(9-12)22(29)26(21(16)28)15-4-2-3-13(10-15)20(27)25-19-11-14(23)6-8-18(19)24/h2-6,8,10-11,16-17H,7,9H2,1H3,(H,25,27)/t16-,17-/m0/s1. The van der Waals surface area contributed by atoms with Gasteiger partial charge in [-0.05, 0) is 56.2 Å². The Bertz CT molecular complexity index is 1060. The number of nitrogens with one attached hydrogen (secondary N) is 1. The van der Waals surface area contributed by atoms with Crippen LogP contribution in [0.25, 0.3) is 0 Å². The molecule has 1 aliphatic carbocycles. The van der Waals surface area contributed by atoms with E-state index in [1.165, 1.54) is 4.90 Å². The maximum absolute atomic E-state index is 12.9. The Labute approximate surface area is 178 Å². The summed E-state index contributed by atoms with van der Waals surface area (Å²) in [7, 11) is 0. The maximum atomic E-state index is 12.9. The Kier molecular flexibility index (Phi) is 5.19. The van der Waals surface area contributed by atoms with Crippen LogP contribution in [0.15, 0.2) is 54.1 Å². The van der Waals surface area contributed by atoms with E-state index in [1.807, 2.05) is 13.0 Å². The summed E-state index contributed by atoms with van der Waals surface area (Å²) in [6.45, 7) is 1.97. The largest absolute Gasteiger partial charge is 0.321 e. The lowest BCUT2D eigenvalue weighted by Gasteiger charge is -2.18. The molecule has 2 aromatic rings. The van der Waals surface area contributed by atoms with Gasteiger partial charge < -0.3 is 5.32 Å². The molecule has 2 atom stereocenters. The molecule has 29 heavy (non-hydrogen) atoms. The highest BCUT2D eigenvalue weighted by atomic mass is 35.5. The fourth-order valence-corrected chi connectivity index (χ4v) is 4.20.